The van der Waals surface area contributed by atoms with Gasteiger partial charge in [-0.3, -0.25) is 9.13 Å². The minimum atomic E-state index is -3.66. The molecule has 2 atom stereocenters. The molecule has 32 heavy (non-hydrogen) atoms. The molecular formula is C20H22ClN4O4P3. The SMILES string of the molecule is O=C(n1ccnc1)n1ccnc1.O=P(Cl)(Oc1ccccc1)Oc1ccccc1.[2H]P(C)P. The number of aromatic nitrogens is 4. The Morgan fingerprint density at radius 3 is 1.66 bits per heavy atom. The molecule has 2 heterocycles. The number of hydrogen-bond acceptors (Lipinski definition) is 6. The maximum Gasteiger partial charge on any atom is 0.530 e. The normalized spacial score (nSPS) is 11.5. The molecule has 0 saturated heterocycles. The van der Waals surface area contributed by atoms with Crippen LogP contribution in [0.5, 0.6) is 11.5 Å². The van der Waals surface area contributed by atoms with Gasteiger partial charge in [0.25, 0.3) is 0 Å². The lowest BCUT2D eigenvalue weighted by Gasteiger charge is -2.13. The zero-order chi connectivity index (χ0) is 24.1. The van der Waals surface area contributed by atoms with Crippen LogP contribution in [-0.4, -0.2) is 33.1 Å². The second-order valence-corrected chi connectivity index (χ2v) is 10.3. The topological polar surface area (TPSA) is 88.2 Å². The van der Waals surface area contributed by atoms with Gasteiger partial charge >= 0.3 is 13.0 Å². The highest BCUT2D eigenvalue weighted by Crippen LogP contribution is 2.52. The van der Waals surface area contributed by atoms with Crippen LogP contribution in [0.2, 0.25) is 0 Å². The highest BCUT2D eigenvalue weighted by molar-refractivity contribution is 8.02. The standard InChI is InChI=1S/C12H10ClO3P.C7H6N4O.CH6P2/c13-17(14,15-11-7-3-1-4-8-11)16-12-9-5-2-6-10-12;12-7(10-3-1-8-5-10)11-4-2-9-6-11;1-3-2/h1-10H;1-6H;3H,2H2,1H3/i;;3D. The van der Waals surface area contributed by atoms with Crippen LogP contribution in [-0.2, 0) is 4.57 Å². The third-order valence-corrected chi connectivity index (χ3v) is 4.64. The molecule has 0 fully saturated rings. The fourth-order valence-corrected chi connectivity index (χ4v) is 3.37. The van der Waals surface area contributed by atoms with Gasteiger partial charge in [0.2, 0.25) is 0 Å². The van der Waals surface area contributed by atoms with Gasteiger partial charge in [-0.25, -0.2) is 19.3 Å². The number of halogens is 1. The second kappa shape index (κ2) is 13.8. The third-order valence-electron chi connectivity index (χ3n) is 3.37. The van der Waals surface area contributed by atoms with Crippen molar-refractivity contribution >= 4 is 41.4 Å². The summed E-state index contributed by atoms with van der Waals surface area (Å²) in [5.41, 5.74) is 0. The molecule has 168 valence electrons. The molecule has 0 aliphatic carbocycles. The van der Waals surface area contributed by atoms with Crippen molar-refractivity contribution in [3.8, 4) is 11.5 Å². The van der Waals surface area contributed by atoms with Gasteiger partial charge in [0.1, 0.15) is 24.2 Å². The van der Waals surface area contributed by atoms with Gasteiger partial charge in [-0.15, -0.1) is 17.1 Å². The molecule has 0 bridgehead atoms. The molecule has 0 N–H and O–H groups in total. The highest BCUT2D eigenvalue weighted by atomic mass is 35.7. The predicted molar refractivity (Wildman–Crippen MR) is 132 cm³/mol. The quantitative estimate of drug-likeness (QED) is 0.304. The van der Waals surface area contributed by atoms with Crippen LogP contribution in [0.1, 0.15) is 0 Å². The van der Waals surface area contributed by atoms with Gasteiger partial charge in [0.15, 0.2) is 0 Å². The molecular weight excluding hydrogens is 489 g/mol. The largest absolute Gasteiger partial charge is 0.530 e. The van der Waals surface area contributed by atoms with Crippen molar-refractivity contribution < 1.29 is 18.4 Å². The molecule has 2 aromatic heterocycles. The van der Waals surface area contributed by atoms with E-state index in [1.165, 1.54) is 21.8 Å². The molecule has 8 nitrogen and oxygen atoms in total. The summed E-state index contributed by atoms with van der Waals surface area (Å²) >= 11 is 5.72. The highest BCUT2D eigenvalue weighted by Gasteiger charge is 2.24. The lowest BCUT2D eigenvalue weighted by atomic mass is 10.3. The summed E-state index contributed by atoms with van der Waals surface area (Å²) in [6.07, 6.45) is 9.17. The first-order valence-electron chi connectivity index (χ1n) is 9.48. The van der Waals surface area contributed by atoms with Gasteiger partial charge in [-0.1, -0.05) is 36.4 Å². The maximum absolute atomic E-state index is 11.9. The summed E-state index contributed by atoms with van der Waals surface area (Å²) in [7, 11) is 1.94. The molecule has 0 amide bonds. The summed E-state index contributed by atoms with van der Waals surface area (Å²) in [5.74, 6) is 0.809. The minimum Gasteiger partial charge on any atom is -0.405 e. The van der Waals surface area contributed by atoms with Crippen LogP contribution in [0.25, 0.3) is 0 Å². The van der Waals surface area contributed by atoms with Crippen molar-refractivity contribution in [1.82, 2.24) is 19.1 Å². The zero-order valence-corrected chi connectivity index (χ0v) is 20.7. The molecule has 4 aromatic rings. The number of benzene rings is 2. The Balaban J connectivity index is 0.000000209. The van der Waals surface area contributed by atoms with E-state index >= 15 is 0 Å². The van der Waals surface area contributed by atoms with Crippen molar-refractivity contribution in [3.05, 3.63) is 98.1 Å². The van der Waals surface area contributed by atoms with E-state index in [-0.39, 0.29) is 6.03 Å². The number of carbonyl (C=O) groups excluding carboxylic acids is 1. The summed E-state index contributed by atoms with van der Waals surface area (Å²) in [6, 6.07) is 17.1. The zero-order valence-electron chi connectivity index (χ0n) is 18.0. The van der Waals surface area contributed by atoms with Crippen molar-refractivity contribution in [2.75, 3.05) is 6.66 Å². The van der Waals surface area contributed by atoms with E-state index in [0.717, 1.165) is 0 Å². The summed E-state index contributed by atoms with van der Waals surface area (Å²) in [6.45, 7) is -1.80. The van der Waals surface area contributed by atoms with Crippen molar-refractivity contribution in [2.24, 2.45) is 0 Å². The van der Waals surface area contributed by atoms with Gasteiger partial charge in [0, 0.05) is 36.0 Å². The number of carbonyl (C=O) groups is 1. The van der Waals surface area contributed by atoms with Gasteiger partial charge in [-0.05, 0) is 30.9 Å². The monoisotopic (exact) mass is 511 g/mol. The fourth-order valence-electron chi connectivity index (χ4n) is 2.11. The van der Waals surface area contributed by atoms with Crippen molar-refractivity contribution in [3.63, 3.8) is 0 Å². The Morgan fingerprint density at radius 2 is 1.34 bits per heavy atom. The average Bonchev–Trinajstić information content (AvgIpc) is 3.49. The maximum atomic E-state index is 11.9. The van der Waals surface area contributed by atoms with E-state index in [1.54, 1.807) is 73.3 Å². The Kier molecular flexibility index (Phi) is 10.4. The Hall–Kier alpha value is -2.49. The second-order valence-electron chi connectivity index (χ2n) is 5.72. The fraction of sp³-hybridized carbons (Fsp3) is 0.0500. The van der Waals surface area contributed by atoms with Crippen molar-refractivity contribution in [2.45, 2.75) is 0 Å². The third kappa shape index (κ3) is 9.33. The van der Waals surface area contributed by atoms with E-state index in [2.05, 4.69) is 18.9 Å². The molecule has 2 aromatic carbocycles. The number of para-hydroxylation sites is 2. The molecule has 0 aliphatic rings. The van der Waals surface area contributed by atoms with Crippen LogP contribution >= 0.6 is 35.3 Å². The van der Waals surface area contributed by atoms with E-state index in [4.69, 9.17) is 21.6 Å². The first-order valence-corrected chi connectivity index (χ1v) is 14.4. The molecule has 4 rings (SSSR count). The summed E-state index contributed by atoms with van der Waals surface area (Å²) < 4.78 is 31.4. The first kappa shape index (κ1) is 24.2. The molecule has 2 unspecified atom stereocenters. The Morgan fingerprint density at radius 1 is 0.969 bits per heavy atom. The lowest BCUT2D eigenvalue weighted by molar-refractivity contribution is 0.244. The van der Waals surface area contributed by atoms with Crippen LogP contribution in [0.3, 0.4) is 0 Å². The predicted octanol–water partition coefficient (Wildman–Crippen LogP) is 6.17. The molecule has 12 heteroatoms. The Labute approximate surface area is 196 Å². The van der Waals surface area contributed by atoms with Crippen LogP contribution in [0, 0.1) is 0 Å². The number of nitrogens with zero attached hydrogens (tertiary/aromatic N) is 4. The number of rotatable bonds is 4. The van der Waals surface area contributed by atoms with E-state index in [1.807, 2.05) is 18.8 Å². The first-order chi connectivity index (χ1) is 15.8. The van der Waals surface area contributed by atoms with E-state index in [0.29, 0.717) is 11.5 Å². The van der Waals surface area contributed by atoms with Gasteiger partial charge in [-0.2, -0.15) is 0 Å². The molecule has 0 spiro atoms. The molecule has 0 radical (unpaired) electrons. The van der Waals surface area contributed by atoms with Crippen LogP contribution in [0.15, 0.2) is 98.1 Å². The van der Waals surface area contributed by atoms with E-state index < -0.39 is 15.2 Å². The van der Waals surface area contributed by atoms with E-state index in [9.17, 15) is 9.36 Å². The van der Waals surface area contributed by atoms with Crippen molar-refractivity contribution in [1.29, 1.82) is 1.28 Å². The summed E-state index contributed by atoms with van der Waals surface area (Å²) in [5, 5.41) is 0. The number of imidazole rings is 2. The smallest absolute Gasteiger partial charge is 0.405 e. The molecule has 0 saturated carbocycles. The minimum absolute atomic E-state index is 0.190. The summed E-state index contributed by atoms with van der Waals surface area (Å²) in [4.78, 5) is 18.9. The van der Waals surface area contributed by atoms with Crippen LogP contribution in [0.4, 0.5) is 4.79 Å². The number of hydrogen-bond donors (Lipinski definition) is 0. The van der Waals surface area contributed by atoms with Crippen LogP contribution < -0.4 is 9.05 Å². The van der Waals surface area contributed by atoms with Gasteiger partial charge < -0.3 is 9.05 Å². The van der Waals surface area contributed by atoms with Gasteiger partial charge in [0.05, 0.1) is 1.28 Å². The molecule has 0 aliphatic heterocycles. The Bertz CT molecular complexity index is 1030. The lowest BCUT2D eigenvalue weighted by Crippen LogP contribution is -2.15. The average molecular weight is 512 g/mol.